The molecule has 0 aliphatic rings. The van der Waals surface area contributed by atoms with Gasteiger partial charge in [0.2, 0.25) is 0 Å². The Morgan fingerprint density at radius 3 is 1.18 bits per heavy atom. The summed E-state index contributed by atoms with van der Waals surface area (Å²) in [5, 5.41) is 36.4. The number of hydrogen-bond acceptors (Lipinski definition) is 12. The number of rotatable bonds is 7. The molecule has 0 saturated heterocycles. The van der Waals surface area contributed by atoms with Gasteiger partial charge in [-0.1, -0.05) is 60.7 Å². The van der Waals surface area contributed by atoms with E-state index in [9.17, 15) is 36.2 Å². The summed E-state index contributed by atoms with van der Waals surface area (Å²) in [5.74, 6) is -3.87. The third kappa shape index (κ3) is 6.03. The molecule has 6 rings (SSSR count). The molecule has 0 aromatic heterocycles. The van der Waals surface area contributed by atoms with Crippen molar-refractivity contribution >= 4 is 75.9 Å². The maximum atomic E-state index is 15.1. The first-order valence-corrected chi connectivity index (χ1v) is 16.9. The van der Waals surface area contributed by atoms with Crippen LogP contribution in [0, 0.1) is 11.6 Å². The lowest BCUT2D eigenvalue weighted by atomic mass is 10.0. The second-order valence-corrected chi connectivity index (χ2v) is 13.4. The molecule has 6 aromatic carbocycles. The zero-order valence-corrected chi connectivity index (χ0v) is 26.7. The van der Waals surface area contributed by atoms with Gasteiger partial charge in [0.15, 0.2) is 34.5 Å². The molecule has 0 bridgehead atoms. The van der Waals surface area contributed by atoms with Crippen LogP contribution in [0.4, 0.5) is 42.9 Å². The minimum atomic E-state index is -4.94. The first-order chi connectivity index (χ1) is 23.6. The van der Waals surface area contributed by atoms with Crippen LogP contribution >= 0.6 is 0 Å². The fourth-order valence-electron chi connectivity index (χ4n) is 5.28. The van der Waals surface area contributed by atoms with Crippen LogP contribution in [0.15, 0.2) is 115 Å². The van der Waals surface area contributed by atoms with Crippen molar-refractivity contribution in [3.8, 4) is 22.6 Å². The molecule has 0 spiro atoms. The number of benzene rings is 6. The van der Waals surface area contributed by atoms with Gasteiger partial charge in [-0.3, -0.25) is 9.11 Å². The van der Waals surface area contributed by atoms with Crippen molar-refractivity contribution in [1.82, 2.24) is 0 Å². The zero-order valence-electron chi connectivity index (χ0n) is 25.0. The third-order valence-electron chi connectivity index (χ3n) is 7.57. The van der Waals surface area contributed by atoms with Crippen molar-refractivity contribution in [2.75, 3.05) is 11.5 Å². The van der Waals surface area contributed by atoms with Gasteiger partial charge in [0.1, 0.15) is 21.2 Å². The Labute approximate surface area is 281 Å². The van der Waals surface area contributed by atoms with E-state index >= 15 is 8.78 Å². The molecular weight excluding hydrogens is 699 g/mol. The van der Waals surface area contributed by atoms with E-state index in [4.69, 9.17) is 11.5 Å². The minimum absolute atomic E-state index is 0.0681. The first-order valence-electron chi connectivity index (χ1n) is 14.0. The Kier molecular flexibility index (Phi) is 8.40. The Morgan fingerprint density at radius 1 is 0.520 bits per heavy atom. The summed E-state index contributed by atoms with van der Waals surface area (Å²) < 4.78 is 97.9. The molecule has 0 aliphatic carbocycles. The monoisotopic (exact) mass is 720 g/mol. The zero-order chi connectivity index (χ0) is 36.1. The lowest BCUT2D eigenvalue weighted by Crippen LogP contribution is -2.02. The number of azo groups is 2. The predicted octanol–water partition coefficient (Wildman–Crippen LogP) is 7.84. The van der Waals surface area contributed by atoms with E-state index in [1.165, 1.54) is 72.8 Å². The third-order valence-corrected chi connectivity index (χ3v) is 9.43. The summed E-state index contributed by atoms with van der Waals surface area (Å²) >= 11 is 0. The van der Waals surface area contributed by atoms with E-state index in [2.05, 4.69) is 20.5 Å². The number of phenols is 2. The quantitative estimate of drug-likeness (QED) is 0.0529. The molecule has 0 saturated carbocycles. The molecule has 0 atom stereocenters. The smallest absolute Gasteiger partial charge is 0.298 e. The summed E-state index contributed by atoms with van der Waals surface area (Å²) in [6.07, 6.45) is 0. The second kappa shape index (κ2) is 12.4. The molecular formula is C32H22F2N6O8S2. The van der Waals surface area contributed by atoms with Gasteiger partial charge in [-0.05, 0) is 35.4 Å². The normalized spacial score (nSPS) is 12.5. The average molecular weight is 721 g/mol. The molecule has 6 aromatic rings. The van der Waals surface area contributed by atoms with Crippen LogP contribution in [-0.4, -0.2) is 36.2 Å². The van der Waals surface area contributed by atoms with E-state index < -0.39 is 64.5 Å². The van der Waals surface area contributed by atoms with Gasteiger partial charge in [0, 0.05) is 21.5 Å². The number of anilines is 2. The van der Waals surface area contributed by atoms with Crippen LogP contribution in [0.25, 0.3) is 32.7 Å². The average Bonchev–Trinajstić information content (AvgIpc) is 3.04. The standard InChI is InChI=1S/C32H22F2N6O8S2/c33-21-13-15(9-11-23(21)37-39-27-25(35)17-5-1-3-7-19(17)31(29(27)41)49(43,44)45)16-10-12-24(22(34)14-16)38-40-28-26(36)18-6-2-4-8-20(18)32(30(28)42)50(46,47)48/h1-14,41-42H,35-36H2,(H,43,44,45)(H,46,47,48)/b39-37+,40-38+. The Bertz CT molecular complexity index is 2500. The van der Waals surface area contributed by atoms with Crippen molar-refractivity contribution in [3.63, 3.8) is 0 Å². The summed E-state index contributed by atoms with van der Waals surface area (Å²) in [5.41, 5.74) is 10.4. The number of aromatic hydroxyl groups is 2. The number of nitrogen functional groups attached to an aromatic ring is 2. The molecule has 0 fully saturated rings. The molecule has 0 aliphatic heterocycles. The Balaban J connectivity index is 1.31. The molecule has 0 radical (unpaired) electrons. The van der Waals surface area contributed by atoms with Gasteiger partial charge in [-0.15, -0.1) is 20.5 Å². The number of nitrogens with zero attached hydrogens (tertiary/aromatic N) is 4. The molecule has 50 heavy (non-hydrogen) atoms. The first kappa shape index (κ1) is 33.8. The van der Waals surface area contributed by atoms with E-state index in [-0.39, 0.29) is 55.4 Å². The van der Waals surface area contributed by atoms with E-state index in [1.54, 1.807) is 0 Å². The van der Waals surface area contributed by atoms with Crippen LogP contribution in [0.1, 0.15) is 0 Å². The summed E-state index contributed by atoms with van der Waals surface area (Å²) in [4.78, 5) is -1.70. The largest absolute Gasteiger partial charge is 0.504 e. The van der Waals surface area contributed by atoms with Crippen LogP contribution in [0.5, 0.6) is 11.5 Å². The van der Waals surface area contributed by atoms with Crippen molar-refractivity contribution in [2.45, 2.75) is 9.79 Å². The SMILES string of the molecule is Nc1c(/N=N/c2ccc(-c3ccc(/N=N/c4c(O)c(S(=O)(=O)O)c5ccccc5c4N)c(F)c3)cc2F)c(O)c(S(=O)(=O)O)c2ccccc12. The van der Waals surface area contributed by atoms with Crippen LogP contribution < -0.4 is 11.5 Å². The maximum Gasteiger partial charge on any atom is 0.298 e. The fraction of sp³-hybridized carbons (Fsp3) is 0. The summed E-state index contributed by atoms with van der Waals surface area (Å²) in [6.45, 7) is 0. The van der Waals surface area contributed by atoms with Crippen LogP contribution in [0.3, 0.4) is 0 Å². The number of halogens is 2. The fourth-order valence-corrected chi connectivity index (χ4v) is 6.87. The van der Waals surface area contributed by atoms with E-state index in [1.807, 2.05) is 0 Å². The van der Waals surface area contributed by atoms with E-state index in [0.717, 1.165) is 12.1 Å². The number of fused-ring (bicyclic) bond motifs is 2. The van der Waals surface area contributed by atoms with Crippen molar-refractivity contribution in [2.24, 2.45) is 20.5 Å². The highest BCUT2D eigenvalue weighted by molar-refractivity contribution is 7.86. The molecule has 0 unspecified atom stereocenters. The van der Waals surface area contributed by atoms with Gasteiger partial charge >= 0.3 is 0 Å². The maximum absolute atomic E-state index is 15.1. The summed E-state index contributed by atoms with van der Waals surface area (Å²) in [7, 11) is -9.89. The van der Waals surface area contributed by atoms with Crippen molar-refractivity contribution in [1.29, 1.82) is 0 Å². The molecule has 0 amide bonds. The number of nitrogens with two attached hydrogens (primary N) is 2. The van der Waals surface area contributed by atoms with Gasteiger partial charge in [0.05, 0.1) is 11.4 Å². The highest BCUT2D eigenvalue weighted by Gasteiger charge is 2.27. The molecule has 14 nitrogen and oxygen atoms in total. The second-order valence-electron chi connectivity index (χ2n) is 10.7. The molecule has 0 heterocycles. The predicted molar refractivity (Wildman–Crippen MR) is 180 cm³/mol. The number of hydrogen-bond donors (Lipinski definition) is 6. The number of phenolic OH excluding ortho intramolecular Hbond substituents is 2. The Morgan fingerprint density at radius 2 is 0.860 bits per heavy atom. The topological polar surface area (TPSA) is 251 Å². The Hall–Kier alpha value is -6.08. The van der Waals surface area contributed by atoms with Crippen molar-refractivity contribution in [3.05, 3.63) is 96.6 Å². The van der Waals surface area contributed by atoms with Gasteiger partial charge < -0.3 is 21.7 Å². The van der Waals surface area contributed by atoms with Gasteiger partial charge in [-0.25, -0.2) is 8.78 Å². The lowest BCUT2D eigenvalue weighted by Gasteiger charge is -2.12. The molecule has 254 valence electrons. The van der Waals surface area contributed by atoms with Gasteiger partial charge in [-0.2, -0.15) is 16.8 Å². The van der Waals surface area contributed by atoms with Gasteiger partial charge in [0.25, 0.3) is 20.2 Å². The van der Waals surface area contributed by atoms with Crippen LogP contribution in [-0.2, 0) is 20.2 Å². The molecule has 18 heteroatoms. The highest BCUT2D eigenvalue weighted by atomic mass is 32.2. The van der Waals surface area contributed by atoms with Crippen LogP contribution in [0.2, 0.25) is 0 Å². The van der Waals surface area contributed by atoms with E-state index in [0.29, 0.717) is 0 Å². The highest BCUT2D eigenvalue weighted by Crippen LogP contribution is 2.47. The summed E-state index contributed by atoms with van der Waals surface area (Å²) in [6, 6.07) is 18.6. The molecule has 8 N–H and O–H groups in total. The van der Waals surface area contributed by atoms with Crippen molar-refractivity contribution < 1.29 is 44.9 Å². The minimum Gasteiger partial charge on any atom is -0.504 e. The lowest BCUT2D eigenvalue weighted by molar-refractivity contribution is 0.444.